The van der Waals surface area contributed by atoms with E-state index >= 15 is 0 Å². The van der Waals surface area contributed by atoms with Crippen molar-refractivity contribution < 1.29 is 14.3 Å². The fraction of sp³-hybridized carbons (Fsp3) is 0.529. The molecule has 5 nitrogen and oxygen atoms in total. The fourth-order valence-corrected chi connectivity index (χ4v) is 2.37. The lowest BCUT2D eigenvalue weighted by Gasteiger charge is -2.23. The molecule has 6 heteroatoms. The maximum absolute atomic E-state index is 12.7. The Morgan fingerprint density at radius 2 is 1.83 bits per heavy atom. The van der Waals surface area contributed by atoms with Crippen molar-refractivity contribution in [2.45, 2.75) is 19.8 Å². The second-order valence-corrected chi connectivity index (χ2v) is 5.89. The lowest BCUT2D eigenvalue weighted by molar-refractivity contribution is -0.143. The van der Waals surface area contributed by atoms with Crippen LogP contribution >= 0.6 is 11.6 Å². The molecule has 1 aromatic carbocycles. The topological polar surface area (TPSA) is 49.9 Å². The molecule has 0 aliphatic carbocycles. The molecule has 0 aliphatic rings. The number of hydrogen-bond acceptors (Lipinski definition) is 4. The first-order valence-electron chi connectivity index (χ1n) is 7.79. The first-order valence-corrected chi connectivity index (χ1v) is 8.17. The van der Waals surface area contributed by atoms with Gasteiger partial charge in [-0.05, 0) is 46.1 Å². The van der Waals surface area contributed by atoms with Gasteiger partial charge in [0.2, 0.25) is 0 Å². The molecule has 0 fully saturated rings. The van der Waals surface area contributed by atoms with E-state index in [1.807, 2.05) is 14.1 Å². The number of esters is 1. The molecule has 1 aromatic rings. The zero-order chi connectivity index (χ0) is 17.2. The maximum atomic E-state index is 12.7. The summed E-state index contributed by atoms with van der Waals surface area (Å²) in [4.78, 5) is 28.0. The van der Waals surface area contributed by atoms with Crippen LogP contribution in [0.4, 0.5) is 0 Å². The van der Waals surface area contributed by atoms with Crippen LogP contribution in [-0.4, -0.2) is 62.0 Å². The number of carbonyl (C=O) groups is 2. The Morgan fingerprint density at radius 1 is 1.13 bits per heavy atom. The average molecular weight is 341 g/mol. The van der Waals surface area contributed by atoms with Crippen molar-refractivity contribution in [2.24, 2.45) is 0 Å². The summed E-state index contributed by atoms with van der Waals surface area (Å²) < 4.78 is 4.93. The molecule has 0 atom stereocenters. The van der Waals surface area contributed by atoms with Crippen molar-refractivity contribution in [2.75, 3.05) is 40.3 Å². The second kappa shape index (κ2) is 10.2. The van der Waals surface area contributed by atoms with E-state index in [9.17, 15) is 9.59 Å². The molecular weight excluding hydrogens is 316 g/mol. The standard InChI is InChI=1S/C17H25ClN2O3/c1-4-23-16(21)10-13-20(12-7-11-19(2)3)17(22)14-8-5-6-9-15(14)18/h5-6,8-9H,4,7,10-13H2,1-3H3. The Kier molecular flexibility index (Phi) is 8.66. The highest BCUT2D eigenvalue weighted by Crippen LogP contribution is 2.17. The van der Waals surface area contributed by atoms with E-state index < -0.39 is 0 Å². The van der Waals surface area contributed by atoms with Crippen molar-refractivity contribution in [3.8, 4) is 0 Å². The summed E-state index contributed by atoms with van der Waals surface area (Å²) in [6.07, 6.45) is 1.01. The van der Waals surface area contributed by atoms with Crippen LogP contribution in [0.25, 0.3) is 0 Å². The highest BCUT2D eigenvalue weighted by Gasteiger charge is 2.19. The van der Waals surface area contributed by atoms with E-state index in [0.29, 0.717) is 30.3 Å². The third-order valence-corrected chi connectivity index (χ3v) is 3.65. The van der Waals surface area contributed by atoms with E-state index in [4.69, 9.17) is 16.3 Å². The Balaban J connectivity index is 2.74. The van der Waals surface area contributed by atoms with Crippen LogP contribution in [0.1, 0.15) is 30.1 Å². The molecule has 0 aliphatic heterocycles. The van der Waals surface area contributed by atoms with E-state index in [1.165, 1.54) is 0 Å². The van der Waals surface area contributed by atoms with Gasteiger partial charge in [-0.15, -0.1) is 0 Å². The molecule has 0 radical (unpaired) electrons. The van der Waals surface area contributed by atoms with Crippen LogP contribution in [0.15, 0.2) is 24.3 Å². The number of halogens is 1. The molecule has 0 aromatic heterocycles. The molecule has 1 rings (SSSR count). The van der Waals surface area contributed by atoms with Crippen LogP contribution in [0.3, 0.4) is 0 Å². The highest BCUT2D eigenvalue weighted by atomic mass is 35.5. The lowest BCUT2D eigenvalue weighted by atomic mass is 10.2. The molecule has 0 saturated carbocycles. The molecule has 0 unspecified atom stereocenters. The summed E-state index contributed by atoms with van der Waals surface area (Å²) in [6.45, 7) is 3.88. The van der Waals surface area contributed by atoms with Gasteiger partial charge in [-0.3, -0.25) is 9.59 Å². The third kappa shape index (κ3) is 7.01. The molecule has 0 N–H and O–H groups in total. The molecule has 1 amide bonds. The molecule has 23 heavy (non-hydrogen) atoms. The van der Waals surface area contributed by atoms with Gasteiger partial charge in [-0.2, -0.15) is 0 Å². The van der Waals surface area contributed by atoms with Gasteiger partial charge in [0.1, 0.15) is 0 Å². The van der Waals surface area contributed by atoms with E-state index in [1.54, 1.807) is 36.1 Å². The summed E-state index contributed by atoms with van der Waals surface area (Å²) in [5, 5.41) is 0.422. The summed E-state index contributed by atoms with van der Waals surface area (Å²) in [6, 6.07) is 6.96. The number of hydrogen-bond donors (Lipinski definition) is 0. The minimum atomic E-state index is -0.294. The second-order valence-electron chi connectivity index (χ2n) is 5.48. The Morgan fingerprint density at radius 3 is 2.43 bits per heavy atom. The van der Waals surface area contributed by atoms with E-state index in [2.05, 4.69) is 4.90 Å². The molecule has 0 bridgehead atoms. The Labute approximate surface area is 143 Å². The smallest absolute Gasteiger partial charge is 0.307 e. The predicted molar refractivity (Wildman–Crippen MR) is 91.8 cm³/mol. The average Bonchev–Trinajstić information content (AvgIpc) is 2.50. The Hall–Kier alpha value is -1.59. The van der Waals surface area contributed by atoms with Crippen molar-refractivity contribution >= 4 is 23.5 Å². The van der Waals surface area contributed by atoms with Crippen LogP contribution in [-0.2, 0) is 9.53 Å². The number of rotatable bonds is 9. The molecule has 0 spiro atoms. The van der Waals surface area contributed by atoms with Gasteiger partial charge in [0, 0.05) is 13.1 Å². The SMILES string of the molecule is CCOC(=O)CCN(CCCN(C)C)C(=O)c1ccccc1Cl. The molecule has 0 saturated heterocycles. The van der Waals surface area contributed by atoms with Gasteiger partial charge in [-0.1, -0.05) is 23.7 Å². The maximum Gasteiger partial charge on any atom is 0.307 e. The van der Waals surface area contributed by atoms with Crippen LogP contribution in [0.2, 0.25) is 5.02 Å². The van der Waals surface area contributed by atoms with E-state index in [-0.39, 0.29) is 18.3 Å². The summed E-state index contributed by atoms with van der Waals surface area (Å²) in [7, 11) is 3.97. The fourth-order valence-electron chi connectivity index (χ4n) is 2.16. The van der Waals surface area contributed by atoms with Crippen molar-refractivity contribution in [1.82, 2.24) is 9.80 Å². The number of amides is 1. The summed E-state index contributed by atoms with van der Waals surface area (Å²) in [5.41, 5.74) is 0.461. The number of benzene rings is 1. The van der Waals surface area contributed by atoms with Crippen molar-refractivity contribution in [1.29, 1.82) is 0 Å². The largest absolute Gasteiger partial charge is 0.466 e. The monoisotopic (exact) mass is 340 g/mol. The zero-order valence-corrected chi connectivity index (χ0v) is 14.8. The van der Waals surface area contributed by atoms with Gasteiger partial charge in [0.25, 0.3) is 5.91 Å². The first kappa shape index (κ1) is 19.5. The number of nitrogens with zero attached hydrogens (tertiary/aromatic N) is 2. The summed E-state index contributed by atoms with van der Waals surface area (Å²) >= 11 is 6.11. The van der Waals surface area contributed by atoms with E-state index in [0.717, 1.165) is 13.0 Å². The van der Waals surface area contributed by atoms with Crippen molar-refractivity contribution in [3.63, 3.8) is 0 Å². The number of carbonyl (C=O) groups excluding carboxylic acids is 2. The van der Waals surface area contributed by atoms with Gasteiger partial charge < -0.3 is 14.5 Å². The van der Waals surface area contributed by atoms with Crippen molar-refractivity contribution in [3.05, 3.63) is 34.9 Å². The minimum Gasteiger partial charge on any atom is -0.466 e. The molecule has 128 valence electrons. The van der Waals surface area contributed by atoms with Crippen LogP contribution < -0.4 is 0 Å². The van der Waals surface area contributed by atoms with Gasteiger partial charge in [0.05, 0.1) is 23.6 Å². The van der Waals surface area contributed by atoms with Crippen LogP contribution in [0, 0.1) is 0 Å². The number of ether oxygens (including phenoxy) is 1. The predicted octanol–water partition coefficient (Wildman–Crippen LogP) is 2.69. The quantitative estimate of drug-likeness (QED) is 0.648. The van der Waals surface area contributed by atoms with Gasteiger partial charge >= 0.3 is 5.97 Å². The normalized spacial score (nSPS) is 10.7. The Bertz CT molecular complexity index is 520. The third-order valence-electron chi connectivity index (χ3n) is 3.32. The first-order chi connectivity index (χ1) is 11.0. The zero-order valence-electron chi connectivity index (χ0n) is 14.0. The minimum absolute atomic E-state index is 0.154. The van der Waals surface area contributed by atoms with Gasteiger partial charge in [0.15, 0.2) is 0 Å². The highest BCUT2D eigenvalue weighted by molar-refractivity contribution is 6.33. The molecular formula is C17H25ClN2O3. The van der Waals surface area contributed by atoms with Crippen LogP contribution in [0.5, 0.6) is 0 Å². The lowest BCUT2D eigenvalue weighted by Crippen LogP contribution is -2.35. The molecule has 0 heterocycles. The summed E-state index contributed by atoms with van der Waals surface area (Å²) in [5.74, 6) is -0.448. The van der Waals surface area contributed by atoms with Gasteiger partial charge in [-0.25, -0.2) is 0 Å².